The van der Waals surface area contributed by atoms with Crippen LogP contribution in [0.4, 0.5) is 8.78 Å². The molecule has 0 atom stereocenters. The van der Waals surface area contributed by atoms with E-state index in [-0.39, 0.29) is 5.56 Å². The van der Waals surface area contributed by atoms with Crippen molar-refractivity contribution in [2.24, 2.45) is 0 Å². The number of H-pyrrole nitrogens is 1. The van der Waals surface area contributed by atoms with Crippen molar-refractivity contribution >= 4 is 19.7 Å². The van der Waals surface area contributed by atoms with Crippen molar-refractivity contribution in [3.63, 3.8) is 0 Å². The zero-order valence-corrected chi connectivity index (χ0v) is 8.99. The molecule has 0 aliphatic heterocycles. The Morgan fingerprint density at radius 3 is 2.40 bits per heavy atom. The highest BCUT2D eigenvalue weighted by atomic mass is 35.7. The standard InChI is InChI=1S/C7H6ClF2NO3S/c1-3-5(12)4(6(9)10)2-11-7(3)15(8,13)14/h2,6H,1H3,(H,11,12). The van der Waals surface area contributed by atoms with Gasteiger partial charge in [0.1, 0.15) is 0 Å². The predicted octanol–water partition coefficient (Wildman–Crippen LogP) is 1.55. The second kappa shape index (κ2) is 3.90. The maximum Gasteiger partial charge on any atom is 0.277 e. The minimum Gasteiger partial charge on any atom is -0.350 e. The molecule has 15 heavy (non-hydrogen) atoms. The van der Waals surface area contributed by atoms with Gasteiger partial charge in [-0.05, 0) is 6.92 Å². The van der Waals surface area contributed by atoms with Gasteiger partial charge >= 0.3 is 0 Å². The van der Waals surface area contributed by atoms with Crippen LogP contribution in [0.5, 0.6) is 0 Å². The summed E-state index contributed by atoms with van der Waals surface area (Å²) in [6.45, 7) is 1.11. The minimum absolute atomic E-state index is 0.345. The van der Waals surface area contributed by atoms with Gasteiger partial charge in [0, 0.05) is 22.4 Å². The maximum absolute atomic E-state index is 12.2. The first kappa shape index (κ1) is 12.1. The van der Waals surface area contributed by atoms with Gasteiger partial charge in [-0.3, -0.25) is 4.79 Å². The second-order valence-corrected chi connectivity index (χ2v) is 5.27. The first-order valence-corrected chi connectivity index (χ1v) is 6.01. The Bertz CT molecular complexity index is 538. The smallest absolute Gasteiger partial charge is 0.277 e. The average Bonchev–Trinajstić information content (AvgIpc) is 2.06. The third-order valence-corrected chi connectivity index (χ3v) is 3.16. The normalized spacial score (nSPS) is 12.1. The molecular weight excluding hydrogens is 252 g/mol. The Morgan fingerprint density at radius 2 is 2.00 bits per heavy atom. The molecule has 1 N–H and O–H groups in total. The summed E-state index contributed by atoms with van der Waals surface area (Å²) in [5.74, 6) is 0. The lowest BCUT2D eigenvalue weighted by atomic mass is 10.2. The summed E-state index contributed by atoms with van der Waals surface area (Å²) >= 11 is 0. The van der Waals surface area contributed by atoms with E-state index >= 15 is 0 Å². The predicted molar refractivity (Wildman–Crippen MR) is 49.8 cm³/mol. The van der Waals surface area contributed by atoms with Gasteiger partial charge in [-0.25, -0.2) is 17.2 Å². The fraction of sp³-hybridized carbons (Fsp3) is 0.286. The number of aromatic nitrogens is 1. The summed E-state index contributed by atoms with van der Waals surface area (Å²) in [7, 11) is 0.856. The van der Waals surface area contributed by atoms with Gasteiger partial charge in [0.2, 0.25) is 0 Å². The van der Waals surface area contributed by atoms with E-state index in [0.29, 0.717) is 6.20 Å². The largest absolute Gasteiger partial charge is 0.350 e. The van der Waals surface area contributed by atoms with Crippen molar-refractivity contribution in [3.8, 4) is 0 Å². The number of nitrogens with one attached hydrogen (secondary N) is 1. The van der Waals surface area contributed by atoms with Crippen molar-refractivity contribution in [1.82, 2.24) is 4.98 Å². The molecule has 0 spiro atoms. The Hall–Kier alpha value is -0.950. The lowest BCUT2D eigenvalue weighted by Gasteiger charge is -2.04. The number of aromatic amines is 1. The molecule has 1 rings (SSSR count). The molecule has 1 aromatic heterocycles. The van der Waals surface area contributed by atoms with Gasteiger partial charge < -0.3 is 4.98 Å². The van der Waals surface area contributed by atoms with Gasteiger partial charge in [-0.2, -0.15) is 0 Å². The van der Waals surface area contributed by atoms with E-state index in [1.54, 1.807) is 0 Å². The van der Waals surface area contributed by atoms with Crippen LogP contribution in [-0.2, 0) is 9.05 Å². The maximum atomic E-state index is 12.2. The Balaban J connectivity index is 3.56. The van der Waals surface area contributed by atoms with Crippen LogP contribution in [0.15, 0.2) is 16.0 Å². The molecule has 0 aromatic carbocycles. The topological polar surface area (TPSA) is 67.0 Å². The van der Waals surface area contributed by atoms with Gasteiger partial charge in [0.05, 0.1) is 5.56 Å². The molecule has 0 amide bonds. The molecule has 0 bridgehead atoms. The zero-order valence-electron chi connectivity index (χ0n) is 7.42. The molecule has 1 aromatic rings. The van der Waals surface area contributed by atoms with Crippen molar-refractivity contribution in [1.29, 1.82) is 0 Å². The van der Waals surface area contributed by atoms with Crippen LogP contribution in [0.25, 0.3) is 0 Å². The van der Waals surface area contributed by atoms with Gasteiger partial charge in [0.25, 0.3) is 15.5 Å². The quantitative estimate of drug-likeness (QED) is 0.818. The van der Waals surface area contributed by atoms with Gasteiger partial charge in [0.15, 0.2) is 10.5 Å². The number of pyridine rings is 1. The van der Waals surface area contributed by atoms with E-state index in [0.717, 1.165) is 6.92 Å². The van der Waals surface area contributed by atoms with Crippen LogP contribution in [0.2, 0.25) is 0 Å². The van der Waals surface area contributed by atoms with Crippen LogP contribution in [-0.4, -0.2) is 13.4 Å². The first-order chi connectivity index (χ1) is 6.75. The van der Waals surface area contributed by atoms with Gasteiger partial charge in [-0.15, -0.1) is 0 Å². The molecule has 0 aliphatic carbocycles. The summed E-state index contributed by atoms with van der Waals surface area (Å²) in [6.07, 6.45) is -2.31. The fourth-order valence-electron chi connectivity index (χ4n) is 1.05. The van der Waals surface area contributed by atoms with Crippen LogP contribution in [0, 0.1) is 6.92 Å². The van der Waals surface area contributed by atoms with Crippen LogP contribution in [0.1, 0.15) is 17.6 Å². The number of alkyl halides is 2. The SMILES string of the molecule is Cc1c(S(=O)(=O)Cl)[nH]cc(C(F)F)c1=O. The lowest BCUT2D eigenvalue weighted by Crippen LogP contribution is -2.17. The Kier molecular flexibility index (Phi) is 3.15. The summed E-state index contributed by atoms with van der Waals surface area (Å²) in [6, 6.07) is 0. The monoisotopic (exact) mass is 257 g/mol. The third kappa shape index (κ3) is 2.35. The van der Waals surface area contributed by atoms with Crippen LogP contribution in [0.3, 0.4) is 0 Å². The molecule has 84 valence electrons. The van der Waals surface area contributed by atoms with Gasteiger partial charge in [-0.1, -0.05) is 0 Å². The van der Waals surface area contributed by atoms with E-state index in [1.165, 1.54) is 0 Å². The summed E-state index contributed by atoms with van der Waals surface area (Å²) in [5, 5.41) is -0.557. The van der Waals surface area contributed by atoms with E-state index in [2.05, 4.69) is 4.98 Å². The summed E-state index contributed by atoms with van der Waals surface area (Å²) in [4.78, 5) is 13.3. The summed E-state index contributed by atoms with van der Waals surface area (Å²) < 4.78 is 46.3. The summed E-state index contributed by atoms with van der Waals surface area (Å²) in [5.41, 5.74) is -2.15. The number of rotatable bonds is 2. The molecule has 0 saturated heterocycles. The highest BCUT2D eigenvalue weighted by molar-refractivity contribution is 8.13. The highest BCUT2D eigenvalue weighted by Crippen LogP contribution is 2.18. The van der Waals surface area contributed by atoms with E-state index in [1.807, 2.05) is 0 Å². The van der Waals surface area contributed by atoms with Crippen molar-refractivity contribution in [3.05, 3.63) is 27.5 Å². The van der Waals surface area contributed by atoms with Crippen molar-refractivity contribution < 1.29 is 17.2 Å². The highest BCUT2D eigenvalue weighted by Gasteiger charge is 2.21. The molecule has 4 nitrogen and oxygen atoms in total. The molecule has 0 radical (unpaired) electrons. The number of halogens is 3. The number of hydrogen-bond donors (Lipinski definition) is 1. The fourth-order valence-corrected chi connectivity index (χ4v) is 2.19. The molecule has 8 heteroatoms. The minimum atomic E-state index is -4.13. The molecule has 1 heterocycles. The lowest BCUT2D eigenvalue weighted by molar-refractivity contribution is 0.149. The average molecular weight is 258 g/mol. The Morgan fingerprint density at radius 1 is 1.47 bits per heavy atom. The van der Waals surface area contributed by atoms with Crippen LogP contribution < -0.4 is 5.43 Å². The molecule has 0 fully saturated rings. The second-order valence-electron chi connectivity index (χ2n) is 2.77. The third-order valence-electron chi connectivity index (χ3n) is 1.78. The van der Waals surface area contributed by atoms with E-state index < -0.39 is 31.5 Å². The van der Waals surface area contributed by atoms with Crippen LogP contribution >= 0.6 is 10.7 Å². The Labute approximate surface area is 88.3 Å². The van der Waals surface area contributed by atoms with Crippen molar-refractivity contribution in [2.45, 2.75) is 18.4 Å². The molecule has 0 aliphatic rings. The molecular formula is C7H6ClF2NO3S. The first-order valence-electron chi connectivity index (χ1n) is 3.70. The molecule has 0 unspecified atom stereocenters. The van der Waals surface area contributed by atoms with Crippen molar-refractivity contribution in [2.75, 3.05) is 0 Å². The van der Waals surface area contributed by atoms with E-state index in [4.69, 9.17) is 10.7 Å². The zero-order chi connectivity index (χ0) is 11.8. The molecule has 0 saturated carbocycles. The van der Waals surface area contributed by atoms with E-state index in [9.17, 15) is 22.0 Å². The number of hydrogen-bond acceptors (Lipinski definition) is 3.